The van der Waals surface area contributed by atoms with Gasteiger partial charge in [-0.25, -0.2) is 4.98 Å². The smallest absolute Gasteiger partial charge is 0.274 e. The zero-order valence-corrected chi connectivity index (χ0v) is 15.8. The van der Waals surface area contributed by atoms with Gasteiger partial charge in [0, 0.05) is 51.0 Å². The Labute approximate surface area is 155 Å². The van der Waals surface area contributed by atoms with Gasteiger partial charge in [-0.05, 0) is 51.5 Å². The normalized spacial score (nSPS) is 28.0. The van der Waals surface area contributed by atoms with Crippen LogP contribution >= 0.6 is 0 Å². The lowest BCUT2D eigenvalue weighted by atomic mass is 9.79. The van der Waals surface area contributed by atoms with Crippen molar-refractivity contribution in [2.45, 2.75) is 39.0 Å². The summed E-state index contributed by atoms with van der Waals surface area (Å²) in [6.45, 7) is 8.98. The predicted octanol–water partition coefficient (Wildman–Crippen LogP) is 2.14. The van der Waals surface area contributed by atoms with Gasteiger partial charge in [-0.15, -0.1) is 0 Å². The molecule has 0 aliphatic carbocycles. The Morgan fingerprint density at radius 1 is 1.19 bits per heavy atom. The quantitative estimate of drug-likeness (QED) is 0.829. The average Bonchev–Trinajstić information content (AvgIpc) is 3.06. The van der Waals surface area contributed by atoms with E-state index in [0.717, 1.165) is 50.9 Å². The van der Waals surface area contributed by atoms with Gasteiger partial charge in [0.15, 0.2) is 0 Å². The second-order valence-electron chi connectivity index (χ2n) is 8.41. The minimum absolute atomic E-state index is 0.0379. The first-order valence-corrected chi connectivity index (χ1v) is 10.0. The van der Waals surface area contributed by atoms with Gasteiger partial charge in [-0.2, -0.15) is 0 Å². The second-order valence-corrected chi connectivity index (χ2v) is 8.41. The second kappa shape index (κ2) is 7.61. The van der Waals surface area contributed by atoms with Crippen LogP contribution in [0.3, 0.4) is 0 Å². The van der Waals surface area contributed by atoms with Crippen molar-refractivity contribution in [3.63, 3.8) is 0 Å². The molecule has 3 fully saturated rings. The molecule has 6 heteroatoms. The highest BCUT2D eigenvalue weighted by molar-refractivity contribution is 5.92. The molecule has 0 unspecified atom stereocenters. The predicted molar refractivity (Wildman–Crippen MR) is 98.9 cm³/mol. The van der Waals surface area contributed by atoms with Crippen LogP contribution in [0.15, 0.2) is 12.4 Å². The van der Waals surface area contributed by atoms with E-state index in [4.69, 9.17) is 4.74 Å². The lowest BCUT2D eigenvalue weighted by molar-refractivity contribution is 0.0308. The summed E-state index contributed by atoms with van der Waals surface area (Å²) in [5, 5.41) is 0. The molecule has 142 valence electrons. The van der Waals surface area contributed by atoms with Crippen molar-refractivity contribution in [2.24, 2.45) is 11.3 Å². The Bertz CT molecular complexity index is 629. The number of hydrogen-bond acceptors (Lipinski definition) is 5. The SMILES string of the molecule is Cc1cnc(C(=O)N2CC[C@]3(CCCN(CC4CCOCC4)C3)C2)cn1. The number of carbonyl (C=O) groups is 1. The van der Waals surface area contributed by atoms with E-state index in [9.17, 15) is 4.79 Å². The van der Waals surface area contributed by atoms with Crippen molar-refractivity contribution in [1.82, 2.24) is 19.8 Å². The van der Waals surface area contributed by atoms with Crippen molar-refractivity contribution in [2.75, 3.05) is 45.9 Å². The highest BCUT2D eigenvalue weighted by atomic mass is 16.5. The van der Waals surface area contributed by atoms with Crippen LogP contribution in [0, 0.1) is 18.3 Å². The van der Waals surface area contributed by atoms with Crippen LogP contribution in [0.5, 0.6) is 0 Å². The van der Waals surface area contributed by atoms with Crippen LogP contribution in [0.1, 0.15) is 48.3 Å². The molecule has 1 aromatic heterocycles. The van der Waals surface area contributed by atoms with E-state index in [-0.39, 0.29) is 11.3 Å². The van der Waals surface area contributed by atoms with Crippen LogP contribution in [-0.4, -0.2) is 71.6 Å². The summed E-state index contributed by atoms with van der Waals surface area (Å²) < 4.78 is 5.50. The molecule has 6 nitrogen and oxygen atoms in total. The number of aromatic nitrogens is 2. The van der Waals surface area contributed by atoms with Gasteiger partial charge in [0.1, 0.15) is 5.69 Å². The lowest BCUT2D eigenvalue weighted by Crippen LogP contribution is -2.47. The van der Waals surface area contributed by atoms with E-state index in [2.05, 4.69) is 14.9 Å². The molecule has 4 rings (SSSR count). The number of aryl methyl sites for hydroxylation is 1. The Morgan fingerprint density at radius 3 is 2.81 bits per heavy atom. The fraction of sp³-hybridized carbons (Fsp3) is 0.750. The minimum atomic E-state index is 0.0379. The summed E-state index contributed by atoms with van der Waals surface area (Å²) >= 11 is 0. The Hall–Kier alpha value is -1.53. The van der Waals surface area contributed by atoms with Gasteiger partial charge >= 0.3 is 0 Å². The maximum atomic E-state index is 12.8. The third kappa shape index (κ3) is 3.91. The molecule has 0 aromatic carbocycles. The van der Waals surface area contributed by atoms with Gasteiger partial charge in [-0.3, -0.25) is 9.78 Å². The number of ether oxygens (including phenoxy) is 1. The van der Waals surface area contributed by atoms with Crippen molar-refractivity contribution in [3.05, 3.63) is 23.8 Å². The number of hydrogen-bond donors (Lipinski definition) is 0. The van der Waals surface area contributed by atoms with Crippen LogP contribution in [-0.2, 0) is 4.74 Å². The van der Waals surface area contributed by atoms with Crippen LogP contribution in [0.25, 0.3) is 0 Å². The third-order valence-corrected chi connectivity index (χ3v) is 6.32. The molecule has 0 bridgehead atoms. The molecule has 3 aliphatic heterocycles. The largest absolute Gasteiger partial charge is 0.381 e. The van der Waals surface area contributed by atoms with Crippen LogP contribution in [0.2, 0.25) is 0 Å². The number of amides is 1. The molecule has 26 heavy (non-hydrogen) atoms. The van der Waals surface area contributed by atoms with E-state index in [1.54, 1.807) is 12.4 Å². The van der Waals surface area contributed by atoms with Crippen molar-refractivity contribution >= 4 is 5.91 Å². The Balaban J connectivity index is 1.36. The molecule has 0 saturated carbocycles. The summed E-state index contributed by atoms with van der Waals surface area (Å²) in [7, 11) is 0. The summed E-state index contributed by atoms with van der Waals surface area (Å²) in [5.41, 5.74) is 1.59. The number of likely N-dealkylation sites (tertiary alicyclic amines) is 2. The maximum absolute atomic E-state index is 12.8. The number of rotatable bonds is 3. The number of nitrogens with zero attached hydrogens (tertiary/aromatic N) is 4. The van der Waals surface area contributed by atoms with Gasteiger partial charge in [0.2, 0.25) is 0 Å². The molecule has 3 saturated heterocycles. The molecular weight excluding hydrogens is 328 g/mol. The van der Waals surface area contributed by atoms with E-state index < -0.39 is 0 Å². The minimum Gasteiger partial charge on any atom is -0.381 e. The number of piperidine rings is 1. The molecular formula is C20H30N4O2. The summed E-state index contributed by atoms with van der Waals surface area (Å²) in [5.74, 6) is 0.816. The molecule has 1 spiro atoms. The van der Waals surface area contributed by atoms with Crippen LogP contribution in [0.4, 0.5) is 0 Å². The third-order valence-electron chi connectivity index (χ3n) is 6.32. The summed E-state index contributed by atoms with van der Waals surface area (Å²) in [6, 6.07) is 0. The highest BCUT2D eigenvalue weighted by Gasteiger charge is 2.43. The average molecular weight is 358 g/mol. The van der Waals surface area contributed by atoms with Crippen molar-refractivity contribution in [3.8, 4) is 0 Å². The molecule has 0 radical (unpaired) electrons. The van der Waals surface area contributed by atoms with Crippen molar-refractivity contribution in [1.29, 1.82) is 0 Å². The van der Waals surface area contributed by atoms with E-state index in [1.165, 1.54) is 38.8 Å². The molecule has 0 N–H and O–H groups in total. The number of carbonyl (C=O) groups excluding carboxylic acids is 1. The molecule has 1 atom stereocenters. The Kier molecular flexibility index (Phi) is 5.23. The Morgan fingerprint density at radius 2 is 2.04 bits per heavy atom. The molecule has 1 aromatic rings. The maximum Gasteiger partial charge on any atom is 0.274 e. The zero-order chi connectivity index (χ0) is 18.0. The molecule has 1 amide bonds. The van der Waals surface area contributed by atoms with Gasteiger partial charge in [0.05, 0.1) is 11.9 Å². The van der Waals surface area contributed by atoms with E-state index >= 15 is 0 Å². The van der Waals surface area contributed by atoms with E-state index in [0.29, 0.717) is 5.69 Å². The monoisotopic (exact) mass is 358 g/mol. The molecule has 3 aliphatic rings. The van der Waals surface area contributed by atoms with Crippen molar-refractivity contribution < 1.29 is 9.53 Å². The topological polar surface area (TPSA) is 58.6 Å². The summed E-state index contributed by atoms with van der Waals surface area (Å²) in [6.07, 6.45) is 9.27. The molecule has 4 heterocycles. The first-order chi connectivity index (χ1) is 12.6. The first kappa shape index (κ1) is 17.9. The van der Waals surface area contributed by atoms with Gasteiger partial charge in [0.25, 0.3) is 5.91 Å². The van der Waals surface area contributed by atoms with Gasteiger partial charge < -0.3 is 14.5 Å². The summed E-state index contributed by atoms with van der Waals surface area (Å²) in [4.78, 5) is 25.9. The van der Waals surface area contributed by atoms with Gasteiger partial charge in [-0.1, -0.05) is 0 Å². The zero-order valence-electron chi connectivity index (χ0n) is 15.8. The fourth-order valence-corrected chi connectivity index (χ4v) is 4.87. The first-order valence-electron chi connectivity index (χ1n) is 10.0. The van der Waals surface area contributed by atoms with E-state index in [1.807, 2.05) is 11.8 Å². The lowest BCUT2D eigenvalue weighted by Gasteiger charge is -2.42. The van der Waals surface area contributed by atoms with Crippen LogP contribution < -0.4 is 0 Å². The fourth-order valence-electron chi connectivity index (χ4n) is 4.87. The standard InChI is InChI=1S/C20H30N4O2/c1-16-11-22-18(12-21-16)19(25)24-8-6-20(15-24)5-2-7-23(14-20)13-17-3-9-26-10-4-17/h11-12,17H,2-10,13-15H2,1H3/t20-/m0/s1. The highest BCUT2D eigenvalue weighted by Crippen LogP contribution is 2.39.